The van der Waals surface area contributed by atoms with Gasteiger partial charge >= 0.3 is 0 Å². The van der Waals surface area contributed by atoms with Crippen LogP contribution in [0.2, 0.25) is 5.02 Å². The van der Waals surface area contributed by atoms with Crippen LogP contribution in [0.25, 0.3) is 10.9 Å². The number of nitriles is 1. The second-order valence-corrected chi connectivity index (χ2v) is 11.1. The van der Waals surface area contributed by atoms with Crippen molar-refractivity contribution in [1.29, 1.82) is 5.26 Å². The van der Waals surface area contributed by atoms with Gasteiger partial charge in [-0.3, -0.25) is 4.98 Å². The Bertz CT molecular complexity index is 1550. The van der Waals surface area contributed by atoms with Crippen molar-refractivity contribution in [3.8, 4) is 6.07 Å². The van der Waals surface area contributed by atoms with Crippen LogP contribution in [0.1, 0.15) is 68.3 Å². The molecule has 6 rings (SSSR count). The maximum absolute atomic E-state index is 13.9. The fraction of sp³-hybridized carbons (Fsp3) is 0.357. The number of pyridine rings is 1. The molecule has 0 amide bonds. The number of nitrogens with one attached hydrogen (secondary N) is 2. The zero-order chi connectivity index (χ0) is 26.5. The van der Waals surface area contributed by atoms with Crippen molar-refractivity contribution in [2.75, 3.05) is 10.6 Å². The second kappa shape index (κ2) is 9.28. The van der Waals surface area contributed by atoms with E-state index in [2.05, 4.69) is 38.9 Å². The van der Waals surface area contributed by atoms with E-state index in [4.69, 9.17) is 11.6 Å². The van der Waals surface area contributed by atoms with Crippen LogP contribution in [0.15, 0.2) is 48.8 Å². The van der Waals surface area contributed by atoms with Gasteiger partial charge in [-0.25, -0.2) is 9.07 Å². The third kappa shape index (κ3) is 4.27. The van der Waals surface area contributed by atoms with Gasteiger partial charge in [0.1, 0.15) is 25.4 Å². The van der Waals surface area contributed by atoms with Crippen LogP contribution in [0.3, 0.4) is 0 Å². The maximum Gasteiger partial charge on any atom is 0.148 e. The predicted octanol–water partition coefficient (Wildman–Crippen LogP) is 5.52. The van der Waals surface area contributed by atoms with Gasteiger partial charge in [-0.1, -0.05) is 35.9 Å². The molecule has 192 valence electrons. The van der Waals surface area contributed by atoms with Crippen molar-refractivity contribution in [2.24, 2.45) is 0 Å². The molecule has 2 fully saturated rings. The molecule has 0 spiro atoms. The number of benzene rings is 2. The van der Waals surface area contributed by atoms with E-state index in [-0.39, 0.29) is 11.4 Å². The average Bonchev–Trinajstić information content (AvgIpc) is 3.62. The SMILES string of the molecule is BC(Nc1cc(Cl)c2ncc(C#N)c(NC3(CC)CCC3)c2c1)(c1ccc(F)cc1)c1cn(C2CC2)nn1. The number of rotatable bonds is 8. The summed E-state index contributed by atoms with van der Waals surface area (Å²) in [4.78, 5) is 4.52. The van der Waals surface area contributed by atoms with Gasteiger partial charge in [-0.05, 0) is 68.4 Å². The fourth-order valence-corrected chi connectivity index (χ4v) is 5.63. The summed E-state index contributed by atoms with van der Waals surface area (Å²) in [7, 11) is 2.00. The van der Waals surface area contributed by atoms with E-state index in [0.717, 1.165) is 60.8 Å². The Hall–Kier alpha value is -3.64. The topological polar surface area (TPSA) is 91.5 Å². The molecule has 0 bridgehead atoms. The van der Waals surface area contributed by atoms with Crippen LogP contribution in [-0.2, 0) is 5.44 Å². The monoisotopic (exact) mass is 527 g/mol. The summed E-state index contributed by atoms with van der Waals surface area (Å²) in [5.41, 5.74) is 3.30. The quantitative estimate of drug-likeness (QED) is 0.293. The standard InChI is InChI=1S/C28H28BClFN7/c1-2-27(10-3-11-27)35-25-17(14-32)15-33-26-22(25)12-20(13-23(26)30)34-28(29,18-4-6-19(31)7-5-18)24-16-38(37-36-24)21-8-9-21/h4-7,12-13,15-16,21,34H,2-3,8-11,29H2,1H3,(H,33,35). The number of anilines is 2. The lowest BCUT2D eigenvalue weighted by molar-refractivity contribution is 0.270. The van der Waals surface area contributed by atoms with E-state index in [9.17, 15) is 9.65 Å². The summed E-state index contributed by atoms with van der Waals surface area (Å²) >= 11 is 6.78. The molecule has 38 heavy (non-hydrogen) atoms. The van der Waals surface area contributed by atoms with Crippen LogP contribution >= 0.6 is 11.6 Å². The number of aromatic nitrogens is 4. The molecule has 2 aromatic carbocycles. The highest BCUT2D eigenvalue weighted by Crippen LogP contribution is 2.43. The Labute approximate surface area is 226 Å². The fourth-order valence-electron chi connectivity index (χ4n) is 5.37. The van der Waals surface area contributed by atoms with Crippen LogP contribution in [0, 0.1) is 17.1 Å². The maximum atomic E-state index is 13.9. The molecule has 0 aliphatic heterocycles. The summed E-state index contributed by atoms with van der Waals surface area (Å²) in [5, 5.41) is 27.4. The van der Waals surface area contributed by atoms with E-state index < -0.39 is 5.44 Å². The van der Waals surface area contributed by atoms with Gasteiger partial charge in [0.05, 0.1) is 39.5 Å². The van der Waals surface area contributed by atoms with Crippen molar-refractivity contribution >= 4 is 41.7 Å². The molecular formula is C28H28BClFN7. The molecule has 1 unspecified atom stereocenters. The molecule has 2 aliphatic carbocycles. The lowest BCUT2D eigenvalue weighted by Gasteiger charge is -2.43. The lowest BCUT2D eigenvalue weighted by Crippen LogP contribution is -2.44. The van der Waals surface area contributed by atoms with Gasteiger partial charge < -0.3 is 10.6 Å². The van der Waals surface area contributed by atoms with Crippen molar-refractivity contribution in [3.63, 3.8) is 0 Å². The molecule has 7 nitrogen and oxygen atoms in total. The van der Waals surface area contributed by atoms with E-state index in [0.29, 0.717) is 27.8 Å². The van der Waals surface area contributed by atoms with E-state index in [1.807, 2.05) is 30.9 Å². The van der Waals surface area contributed by atoms with Gasteiger partial charge in [0.15, 0.2) is 0 Å². The van der Waals surface area contributed by atoms with Crippen LogP contribution in [0.4, 0.5) is 15.8 Å². The van der Waals surface area contributed by atoms with E-state index in [1.54, 1.807) is 18.3 Å². The molecule has 2 saturated carbocycles. The molecule has 1 atom stereocenters. The average molecular weight is 528 g/mol. The highest BCUT2D eigenvalue weighted by atomic mass is 35.5. The summed E-state index contributed by atoms with van der Waals surface area (Å²) in [6, 6.07) is 12.9. The minimum atomic E-state index is -0.829. The Morgan fingerprint density at radius 2 is 2.03 bits per heavy atom. The number of halogens is 2. The molecule has 4 aromatic rings. The molecule has 10 heteroatoms. The molecule has 0 saturated heterocycles. The number of hydrogen-bond donors (Lipinski definition) is 2. The van der Waals surface area contributed by atoms with Gasteiger partial charge in [0.25, 0.3) is 0 Å². The smallest absolute Gasteiger partial charge is 0.148 e. The first-order valence-electron chi connectivity index (χ1n) is 13.1. The predicted molar refractivity (Wildman–Crippen MR) is 150 cm³/mol. The Morgan fingerprint density at radius 1 is 1.26 bits per heavy atom. The summed E-state index contributed by atoms with van der Waals surface area (Å²) in [6.45, 7) is 2.17. The van der Waals surface area contributed by atoms with Crippen LogP contribution in [0.5, 0.6) is 0 Å². The number of hydrogen-bond acceptors (Lipinski definition) is 6. The zero-order valence-corrected chi connectivity index (χ0v) is 22.2. The molecule has 2 N–H and O–H groups in total. The normalized spacial score (nSPS) is 17.8. The Balaban J connectivity index is 1.47. The minimum Gasteiger partial charge on any atom is -0.378 e. The molecule has 2 heterocycles. The minimum absolute atomic E-state index is 0.0280. The van der Waals surface area contributed by atoms with Crippen LogP contribution in [-0.4, -0.2) is 33.4 Å². The number of fused-ring (bicyclic) bond motifs is 1. The van der Waals surface area contributed by atoms with Gasteiger partial charge in [0.2, 0.25) is 0 Å². The molecule has 2 aromatic heterocycles. The molecular weight excluding hydrogens is 500 g/mol. The summed E-state index contributed by atoms with van der Waals surface area (Å²) in [6.07, 6.45) is 9.97. The van der Waals surface area contributed by atoms with Gasteiger partial charge in [-0.2, -0.15) is 5.26 Å². The lowest BCUT2D eigenvalue weighted by atomic mass is 9.69. The van der Waals surface area contributed by atoms with E-state index >= 15 is 0 Å². The number of nitrogens with zero attached hydrogens (tertiary/aromatic N) is 5. The third-order valence-corrected chi connectivity index (χ3v) is 8.47. The van der Waals surface area contributed by atoms with Crippen molar-refractivity contribution in [3.05, 3.63) is 76.5 Å². The Kier molecular flexibility index (Phi) is 6.03. The third-order valence-electron chi connectivity index (χ3n) is 8.18. The van der Waals surface area contributed by atoms with Crippen molar-refractivity contribution < 1.29 is 4.39 Å². The highest BCUT2D eigenvalue weighted by molar-refractivity contribution is 6.36. The van der Waals surface area contributed by atoms with Gasteiger partial charge in [0, 0.05) is 22.8 Å². The first-order chi connectivity index (χ1) is 18.3. The van der Waals surface area contributed by atoms with Gasteiger partial charge in [-0.15, -0.1) is 5.10 Å². The van der Waals surface area contributed by atoms with Crippen LogP contribution < -0.4 is 10.6 Å². The summed E-state index contributed by atoms with van der Waals surface area (Å²) in [5.74, 6) is -0.307. The molecule has 2 aliphatic rings. The van der Waals surface area contributed by atoms with E-state index in [1.165, 1.54) is 12.1 Å². The zero-order valence-electron chi connectivity index (χ0n) is 21.4. The summed E-state index contributed by atoms with van der Waals surface area (Å²) < 4.78 is 15.8. The first-order valence-corrected chi connectivity index (χ1v) is 13.5. The molecule has 0 radical (unpaired) electrons. The van der Waals surface area contributed by atoms with Crippen molar-refractivity contribution in [2.45, 2.75) is 62.5 Å². The Morgan fingerprint density at radius 3 is 2.66 bits per heavy atom. The second-order valence-electron chi connectivity index (χ2n) is 10.7. The first kappa shape index (κ1) is 24.7. The van der Waals surface area contributed by atoms with Crippen molar-refractivity contribution in [1.82, 2.24) is 20.0 Å². The largest absolute Gasteiger partial charge is 0.378 e. The highest BCUT2D eigenvalue weighted by Gasteiger charge is 2.37.